The molecule has 0 atom stereocenters. The summed E-state index contributed by atoms with van der Waals surface area (Å²) in [5, 5.41) is 10.6. The molecule has 1 aromatic heterocycles. The van der Waals surface area contributed by atoms with E-state index in [1.807, 2.05) is 0 Å². The molecule has 1 saturated heterocycles. The fourth-order valence-corrected chi connectivity index (χ4v) is 2.84. The maximum Gasteiger partial charge on any atom is 0.324 e. The van der Waals surface area contributed by atoms with Gasteiger partial charge in [0.1, 0.15) is 0 Å². The van der Waals surface area contributed by atoms with Crippen molar-refractivity contribution in [2.75, 3.05) is 39.3 Å². The summed E-state index contributed by atoms with van der Waals surface area (Å²) in [7, 11) is 0. The van der Waals surface area contributed by atoms with Crippen LogP contribution in [0.2, 0.25) is 0 Å². The van der Waals surface area contributed by atoms with E-state index in [1.165, 1.54) is 12.1 Å². The molecule has 1 aliphatic heterocycles. The van der Waals surface area contributed by atoms with Crippen molar-refractivity contribution < 1.29 is 9.72 Å². The van der Waals surface area contributed by atoms with Crippen LogP contribution in [0.4, 0.5) is 5.00 Å². The first-order valence-electron chi connectivity index (χ1n) is 6.07. The summed E-state index contributed by atoms with van der Waals surface area (Å²) in [6, 6.07) is 2.90. The SMILES string of the molecule is NCCN1CCN(C(=O)c2ccc([N+](=O)[O-])s2)CC1. The van der Waals surface area contributed by atoms with Crippen molar-refractivity contribution >= 4 is 22.2 Å². The molecule has 1 aliphatic rings. The second-order valence-electron chi connectivity index (χ2n) is 4.32. The molecule has 0 unspecified atom stereocenters. The number of carbonyl (C=O) groups is 1. The highest BCUT2D eigenvalue weighted by molar-refractivity contribution is 7.17. The standard InChI is InChI=1S/C11H16N4O3S/c12-3-4-13-5-7-14(8-6-13)11(16)9-1-2-10(19-9)15(17)18/h1-2H,3-8,12H2. The number of piperazine rings is 1. The van der Waals surface area contributed by atoms with Crippen LogP contribution in [-0.2, 0) is 0 Å². The summed E-state index contributed by atoms with van der Waals surface area (Å²) in [6.07, 6.45) is 0. The minimum absolute atomic E-state index is 0.00474. The van der Waals surface area contributed by atoms with E-state index < -0.39 is 4.92 Å². The van der Waals surface area contributed by atoms with Crippen LogP contribution >= 0.6 is 11.3 Å². The van der Waals surface area contributed by atoms with Crippen molar-refractivity contribution in [1.29, 1.82) is 0 Å². The van der Waals surface area contributed by atoms with Crippen molar-refractivity contribution in [1.82, 2.24) is 9.80 Å². The molecule has 0 radical (unpaired) electrons. The van der Waals surface area contributed by atoms with Crippen LogP contribution in [0.5, 0.6) is 0 Å². The van der Waals surface area contributed by atoms with E-state index in [0.29, 0.717) is 24.5 Å². The van der Waals surface area contributed by atoms with E-state index in [2.05, 4.69) is 4.90 Å². The fraction of sp³-hybridized carbons (Fsp3) is 0.545. The third-order valence-corrected chi connectivity index (χ3v) is 4.11. The second-order valence-corrected chi connectivity index (χ2v) is 5.38. The number of amides is 1. The molecule has 1 aromatic rings. The molecular weight excluding hydrogens is 268 g/mol. The topological polar surface area (TPSA) is 92.7 Å². The number of hydrogen-bond acceptors (Lipinski definition) is 6. The number of nitrogens with two attached hydrogens (primary N) is 1. The summed E-state index contributed by atoms with van der Waals surface area (Å²) in [6.45, 7) is 4.35. The van der Waals surface area contributed by atoms with Gasteiger partial charge in [0, 0.05) is 45.3 Å². The number of hydrogen-bond donors (Lipinski definition) is 1. The molecule has 0 saturated carbocycles. The van der Waals surface area contributed by atoms with Crippen LogP contribution in [0.25, 0.3) is 0 Å². The highest BCUT2D eigenvalue weighted by atomic mass is 32.1. The minimum atomic E-state index is -0.472. The lowest BCUT2D eigenvalue weighted by Gasteiger charge is -2.34. The number of carbonyl (C=O) groups excluding carboxylic acids is 1. The zero-order chi connectivity index (χ0) is 13.8. The van der Waals surface area contributed by atoms with Crippen molar-refractivity contribution in [2.24, 2.45) is 5.73 Å². The Labute approximate surface area is 114 Å². The number of nitrogens with zero attached hydrogens (tertiary/aromatic N) is 3. The third kappa shape index (κ3) is 3.28. The normalized spacial score (nSPS) is 16.6. The van der Waals surface area contributed by atoms with E-state index in [-0.39, 0.29) is 10.9 Å². The van der Waals surface area contributed by atoms with Crippen LogP contribution in [0.15, 0.2) is 12.1 Å². The van der Waals surface area contributed by atoms with Crippen LogP contribution in [0.3, 0.4) is 0 Å². The predicted molar refractivity (Wildman–Crippen MR) is 72.4 cm³/mol. The van der Waals surface area contributed by atoms with Gasteiger partial charge in [-0.1, -0.05) is 11.3 Å². The molecule has 2 rings (SSSR count). The average Bonchev–Trinajstić information content (AvgIpc) is 2.89. The first kappa shape index (κ1) is 13.9. The Bertz CT molecular complexity index is 468. The minimum Gasteiger partial charge on any atom is -0.335 e. The van der Waals surface area contributed by atoms with Crippen LogP contribution < -0.4 is 5.73 Å². The summed E-state index contributed by atoms with van der Waals surface area (Å²) in [5.74, 6) is -0.120. The molecule has 0 aromatic carbocycles. The Hall–Kier alpha value is -1.51. The lowest BCUT2D eigenvalue weighted by Crippen LogP contribution is -2.49. The summed E-state index contributed by atoms with van der Waals surface area (Å²) in [5.41, 5.74) is 5.49. The molecule has 0 aliphatic carbocycles. The highest BCUT2D eigenvalue weighted by Gasteiger charge is 2.24. The molecule has 2 N–H and O–H groups in total. The molecule has 19 heavy (non-hydrogen) atoms. The van der Waals surface area contributed by atoms with Gasteiger partial charge < -0.3 is 10.6 Å². The predicted octanol–water partition coefficient (Wildman–Crippen LogP) is 0.373. The van der Waals surface area contributed by atoms with Gasteiger partial charge in [-0.25, -0.2) is 0 Å². The van der Waals surface area contributed by atoms with Gasteiger partial charge in [-0.15, -0.1) is 0 Å². The van der Waals surface area contributed by atoms with Crippen molar-refractivity contribution in [3.8, 4) is 0 Å². The second kappa shape index (κ2) is 6.09. The largest absolute Gasteiger partial charge is 0.335 e. The summed E-state index contributed by atoms with van der Waals surface area (Å²) >= 11 is 0.930. The Morgan fingerprint density at radius 3 is 2.58 bits per heavy atom. The van der Waals surface area contributed by atoms with Gasteiger partial charge in [0.15, 0.2) is 0 Å². The molecule has 104 valence electrons. The Kier molecular flexibility index (Phi) is 4.46. The van der Waals surface area contributed by atoms with Crippen LogP contribution in [-0.4, -0.2) is 59.9 Å². The molecule has 0 bridgehead atoms. The number of thiophene rings is 1. The molecule has 0 spiro atoms. The van der Waals surface area contributed by atoms with E-state index in [0.717, 1.165) is 31.0 Å². The molecule has 7 nitrogen and oxygen atoms in total. The fourth-order valence-electron chi connectivity index (χ4n) is 2.05. The van der Waals surface area contributed by atoms with E-state index in [4.69, 9.17) is 5.73 Å². The molecule has 1 fully saturated rings. The van der Waals surface area contributed by atoms with Gasteiger partial charge in [-0.3, -0.25) is 19.8 Å². The van der Waals surface area contributed by atoms with Gasteiger partial charge in [-0.05, 0) is 6.07 Å². The smallest absolute Gasteiger partial charge is 0.324 e. The zero-order valence-corrected chi connectivity index (χ0v) is 11.3. The average molecular weight is 284 g/mol. The monoisotopic (exact) mass is 284 g/mol. The molecule has 2 heterocycles. The van der Waals surface area contributed by atoms with Crippen LogP contribution in [0.1, 0.15) is 9.67 Å². The van der Waals surface area contributed by atoms with E-state index in [1.54, 1.807) is 4.90 Å². The first-order valence-corrected chi connectivity index (χ1v) is 6.89. The lowest BCUT2D eigenvalue weighted by molar-refractivity contribution is -0.380. The molecule has 8 heteroatoms. The highest BCUT2D eigenvalue weighted by Crippen LogP contribution is 2.25. The lowest BCUT2D eigenvalue weighted by atomic mass is 10.3. The molecule has 1 amide bonds. The van der Waals surface area contributed by atoms with Gasteiger partial charge in [0.05, 0.1) is 9.80 Å². The first-order chi connectivity index (χ1) is 9.11. The van der Waals surface area contributed by atoms with Crippen LogP contribution in [0, 0.1) is 10.1 Å². The van der Waals surface area contributed by atoms with Crippen molar-refractivity contribution in [2.45, 2.75) is 0 Å². The zero-order valence-electron chi connectivity index (χ0n) is 10.4. The van der Waals surface area contributed by atoms with Gasteiger partial charge in [0.25, 0.3) is 5.91 Å². The van der Waals surface area contributed by atoms with Gasteiger partial charge >= 0.3 is 5.00 Å². The summed E-state index contributed by atoms with van der Waals surface area (Å²) in [4.78, 5) is 26.7. The third-order valence-electron chi connectivity index (χ3n) is 3.09. The van der Waals surface area contributed by atoms with Gasteiger partial charge in [-0.2, -0.15) is 0 Å². The maximum absolute atomic E-state index is 12.2. The van der Waals surface area contributed by atoms with Crippen molar-refractivity contribution in [3.63, 3.8) is 0 Å². The van der Waals surface area contributed by atoms with E-state index in [9.17, 15) is 14.9 Å². The Balaban J connectivity index is 1.95. The Morgan fingerprint density at radius 2 is 2.05 bits per heavy atom. The van der Waals surface area contributed by atoms with E-state index >= 15 is 0 Å². The number of nitro groups is 1. The number of rotatable bonds is 4. The van der Waals surface area contributed by atoms with Crippen molar-refractivity contribution in [3.05, 3.63) is 27.1 Å². The summed E-state index contributed by atoms with van der Waals surface area (Å²) < 4.78 is 0. The molecular formula is C11H16N4O3S. The Morgan fingerprint density at radius 1 is 1.37 bits per heavy atom. The maximum atomic E-state index is 12.2. The quantitative estimate of drug-likeness (QED) is 0.637. The van der Waals surface area contributed by atoms with Gasteiger partial charge in [0.2, 0.25) is 0 Å².